The summed E-state index contributed by atoms with van der Waals surface area (Å²) in [4.78, 5) is 52.0. The van der Waals surface area contributed by atoms with Gasteiger partial charge in [-0.25, -0.2) is 4.79 Å². The van der Waals surface area contributed by atoms with Gasteiger partial charge in [0.05, 0.1) is 11.5 Å². The number of anilines is 1. The van der Waals surface area contributed by atoms with Crippen molar-refractivity contribution >= 4 is 45.2 Å². The second-order valence-electron chi connectivity index (χ2n) is 11.7. The van der Waals surface area contributed by atoms with Gasteiger partial charge >= 0.3 is 11.9 Å². The van der Waals surface area contributed by atoms with E-state index in [1.54, 1.807) is 48.5 Å². The van der Waals surface area contributed by atoms with Crippen LogP contribution in [0.2, 0.25) is 0 Å². The molecule has 1 atom stereocenters. The van der Waals surface area contributed by atoms with Crippen LogP contribution in [0.15, 0.2) is 102 Å². The van der Waals surface area contributed by atoms with E-state index in [9.17, 15) is 19.2 Å². The summed E-state index contributed by atoms with van der Waals surface area (Å²) >= 11 is 3.32. The summed E-state index contributed by atoms with van der Waals surface area (Å²) in [5, 5.41) is 0. The molecule has 0 radical (unpaired) electrons. The predicted octanol–water partition coefficient (Wildman–Crippen LogP) is 7.54. The lowest BCUT2D eigenvalue weighted by molar-refractivity contribution is -0.147. The van der Waals surface area contributed by atoms with Crippen molar-refractivity contribution in [3.05, 3.63) is 118 Å². The van der Waals surface area contributed by atoms with E-state index in [0.717, 1.165) is 4.47 Å². The number of ketones is 1. The van der Waals surface area contributed by atoms with E-state index in [1.807, 2.05) is 24.3 Å². The van der Waals surface area contributed by atoms with Gasteiger partial charge in [-0.1, -0.05) is 48.8 Å². The van der Waals surface area contributed by atoms with E-state index >= 15 is 0 Å². The Morgan fingerprint density at radius 1 is 0.778 bits per heavy atom. The van der Waals surface area contributed by atoms with Crippen LogP contribution in [0.1, 0.15) is 53.5 Å². The molecule has 0 unspecified atom stereocenters. The Kier molecular flexibility index (Phi) is 9.48. The maximum absolute atomic E-state index is 12.7. The molecule has 0 spiro atoms. The van der Waals surface area contributed by atoms with Gasteiger partial charge < -0.3 is 19.1 Å². The van der Waals surface area contributed by atoms with Gasteiger partial charge in [-0.3, -0.25) is 14.4 Å². The number of carbonyl (C=O) groups excluding carboxylic acids is 4. The van der Waals surface area contributed by atoms with Gasteiger partial charge in [-0.15, -0.1) is 0 Å². The zero-order valence-electron chi connectivity index (χ0n) is 25.1. The number of carbonyl (C=O) groups is 4. The van der Waals surface area contributed by atoms with Gasteiger partial charge in [0.1, 0.15) is 17.2 Å². The third kappa shape index (κ3) is 8.05. The molecule has 1 aliphatic rings. The minimum atomic E-state index is -0.692. The summed E-state index contributed by atoms with van der Waals surface area (Å²) < 4.78 is 17.4. The second-order valence-corrected chi connectivity index (χ2v) is 12.6. The summed E-state index contributed by atoms with van der Waals surface area (Å²) in [5.41, 5.74) is 2.58. The standard InChI is InChI=1S/C36H32BrNO7/c1-36(2,3)26-8-16-29(17-9-26)44-30-18-12-28(13-19-30)38-21-25(20-33(38)40)34(41)43-22-32(39)23-6-14-31(15-7-23)45-35(42)24-4-10-27(37)11-5-24/h4-19,25H,20-22H2,1-3H3/t25-/m0/s1. The van der Waals surface area contributed by atoms with Crippen LogP contribution in [-0.2, 0) is 19.7 Å². The Bertz CT molecular complexity index is 1690. The first-order valence-electron chi connectivity index (χ1n) is 14.4. The van der Waals surface area contributed by atoms with Gasteiger partial charge in [0.15, 0.2) is 12.4 Å². The van der Waals surface area contributed by atoms with E-state index in [0.29, 0.717) is 28.3 Å². The third-order valence-electron chi connectivity index (χ3n) is 7.38. The molecule has 0 N–H and O–H groups in total. The van der Waals surface area contributed by atoms with E-state index in [4.69, 9.17) is 14.2 Å². The van der Waals surface area contributed by atoms with E-state index in [-0.39, 0.29) is 30.0 Å². The van der Waals surface area contributed by atoms with Crippen molar-refractivity contribution in [3.8, 4) is 17.2 Å². The Hall–Kier alpha value is -4.76. The van der Waals surface area contributed by atoms with Gasteiger partial charge in [-0.05, 0) is 95.9 Å². The SMILES string of the molecule is CC(C)(C)c1ccc(Oc2ccc(N3C[C@@H](C(=O)OCC(=O)c4ccc(OC(=O)c5ccc(Br)cc5)cc4)CC3=O)cc2)cc1. The van der Waals surface area contributed by atoms with Gasteiger partial charge in [-0.2, -0.15) is 0 Å². The number of rotatable bonds is 9. The fraction of sp³-hybridized carbons (Fsp3) is 0.222. The number of ether oxygens (including phenoxy) is 3. The van der Waals surface area contributed by atoms with E-state index in [2.05, 4.69) is 36.7 Å². The van der Waals surface area contributed by atoms with Crippen molar-refractivity contribution < 1.29 is 33.4 Å². The Morgan fingerprint density at radius 2 is 1.33 bits per heavy atom. The first-order valence-corrected chi connectivity index (χ1v) is 15.2. The Morgan fingerprint density at radius 3 is 1.93 bits per heavy atom. The van der Waals surface area contributed by atoms with Crippen molar-refractivity contribution in [1.82, 2.24) is 0 Å². The number of Topliss-reactive ketones (excluding diaryl/α,β-unsaturated/α-hetero) is 1. The molecule has 1 saturated heterocycles. The largest absolute Gasteiger partial charge is 0.457 e. The lowest BCUT2D eigenvalue weighted by Crippen LogP contribution is -2.27. The molecular formula is C36H32BrNO7. The number of hydrogen-bond acceptors (Lipinski definition) is 7. The molecule has 230 valence electrons. The zero-order valence-corrected chi connectivity index (χ0v) is 26.7. The number of benzene rings is 4. The summed E-state index contributed by atoms with van der Waals surface area (Å²) in [6.45, 7) is 6.14. The zero-order chi connectivity index (χ0) is 32.1. The second kappa shape index (κ2) is 13.5. The fourth-order valence-electron chi connectivity index (χ4n) is 4.77. The van der Waals surface area contributed by atoms with Gasteiger partial charge in [0, 0.05) is 28.7 Å². The molecule has 1 aliphatic heterocycles. The van der Waals surface area contributed by atoms with Crippen LogP contribution in [0, 0.1) is 5.92 Å². The molecule has 0 bridgehead atoms. The molecule has 0 aromatic heterocycles. The minimum absolute atomic E-state index is 0.0101. The highest BCUT2D eigenvalue weighted by atomic mass is 79.9. The lowest BCUT2D eigenvalue weighted by atomic mass is 9.87. The average molecular weight is 671 g/mol. The van der Waals surface area contributed by atoms with Crippen molar-refractivity contribution in [2.24, 2.45) is 5.92 Å². The van der Waals surface area contributed by atoms with Crippen molar-refractivity contribution in [2.75, 3.05) is 18.1 Å². The van der Waals surface area contributed by atoms with Crippen LogP contribution in [0.5, 0.6) is 17.2 Å². The van der Waals surface area contributed by atoms with Crippen LogP contribution in [0.4, 0.5) is 5.69 Å². The monoisotopic (exact) mass is 669 g/mol. The number of hydrogen-bond donors (Lipinski definition) is 0. The van der Waals surface area contributed by atoms with Crippen LogP contribution in [-0.4, -0.2) is 36.8 Å². The Balaban J connectivity index is 1.10. The molecular weight excluding hydrogens is 638 g/mol. The van der Waals surface area contributed by atoms with Crippen LogP contribution < -0.4 is 14.4 Å². The highest BCUT2D eigenvalue weighted by molar-refractivity contribution is 9.10. The predicted molar refractivity (Wildman–Crippen MR) is 173 cm³/mol. The van der Waals surface area contributed by atoms with E-state index in [1.165, 1.54) is 34.7 Å². The maximum Gasteiger partial charge on any atom is 0.343 e. The molecule has 4 aromatic rings. The molecule has 5 rings (SSSR count). The topological polar surface area (TPSA) is 99.2 Å². The summed E-state index contributed by atoms with van der Waals surface area (Å²) in [6.07, 6.45) is -0.0101. The number of esters is 2. The first kappa shape index (κ1) is 31.7. The van der Waals surface area contributed by atoms with Crippen LogP contribution >= 0.6 is 15.9 Å². The maximum atomic E-state index is 12.7. The average Bonchev–Trinajstić information content (AvgIpc) is 3.42. The summed E-state index contributed by atoms with van der Waals surface area (Å²) in [6, 6.07) is 27.8. The molecule has 9 heteroatoms. The molecule has 0 saturated carbocycles. The van der Waals surface area contributed by atoms with Crippen molar-refractivity contribution in [1.29, 1.82) is 0 Å². The van der Waals surface area contributed by atoms with E-state index < -0.39 is 30.2 Å². The van der Waals surface area contributed by atoms with Gasteiger partial charge in [0.25, 0.3) is 0 Å². The third-order valence-corrected chi connectivity index (χ3v) is 7.90. The number of halogens is 1. The normalized spacial score (nSPS) is 14.6. The minimum Gasteiger partial charge on any atom is -0.457 e. The molecule has 1 amide bonds. The quantitative estimate of drug-likeness (QED) is 0.103. The lowest BCUT2D eigenvalue weighted by Gasteiger charge is -2.19. The molecule has 8 nitrogen and oxygen atoms in total. The molecule has 1 fully saturated rings. The molecule has 0 aliphatic carbocycles. The number of nitrogens with zero attached hydrogens (tertiary/aromatic N) is 1. The highest BCUT2D eigenvalue weighted by Gasteiger charge is 2.36. The van der Waals surface area contributed by atoms with Gasteiger partial charge in [0.2, 0.25) is 5.91 Å². The first-order chi connectivity index (χ1) is 21.5. The summed E-state index contributed by atoms with van der Waals surface area (Å²) in [5.74, 6) is -0.847. The highest BCUT2D eigenvalue weighted by Crippen LogP contribution is 2.30. The van der Waals surface area contributed by atoms with Crippen molar-refractivity contribution in [2.45, 2.75) is 32.6 Å². The molecule has 1 heterocycles. The van der Waals surface area contributed by atoms with Crippen LogP contribution in [0.25, 0.3) is 0 Å². The van der Waals surface area contributed by atoms with Crippen LogP contribution in [0.3, 0.4) is 0 Å². The molecule has 4 aromatic carbocycles. The fourth-order valence-corrected chi connectivity index (χ4v) is 5.03. The smallest absolute Gasteiger partial charge is 0.343 e. The Labute approximate surface area is 270 Å². The molecule has 45 heavy (non-hydrogen) atoms. The number of amides is 1. The van der Waals surface area contributed by atoms with Crippen molar-refractivity contribution in [3.63, 3.8) is 0 Å². The summed E-state index contributed by atoms with van der Waals surface area (Å²) in [7, 11) is 0.